The Bertz CT molecular complexity index is 132. The first-order valence-corrected chi connectivity index (χ1v) is 6.21. The molecule has 14 heavy (non-hydrogen) atoms. The Morgan fingerprint density at radius 2 is 2.07 bits per heavy atom. The first kappa shape index (κ1) is 12.0. The number of aliphatic hydroxyl groups excluding tert-OH is 1. The van der Waals surface area contributed by atoms with Crippen LogP contribution in [0.4, 0.5) is 0 Å². The molecule has 0 aliphatic heterocycles. The van der Waals surface area contributed by atoms with E-state index < -0.39 is 0 Å². The fourth-order valence-electron chi connectivity index (χ4n) is 2.23. The lowest BCUT2D eigenvalue weighted by Crippen LogP contribution is -2.27. The summed E-state index contributed by atoms with van der Waals surface area (Å²) in [6, 6.07) is 0. The van der Waals surface area contributed by atoms with Crippen molar-refractivity contribution in [2.75, 3.05) is 13.1 Å². The molecular weight excluding hydrogens is 174 g/mol. The highest BCUT2D eigenvalue weighted by molar-refractivity contribution is 4.67. The third-order valence-corrected chi connectivity index (χ3v) is 3.29. The monoisotopic (exact) mass is 199 g/mol. The largest absolute Gasteiger partial charge is 0.392 e. The van der Waals surface area contributed by atoms with Crippen molar-refractivity contribution in [2.24, 2.45) is 5.92 Å². The minimum Gasteiger partial charge on any atom is -0.392 e. The first-order chi connectivity index (χ1) is 6.83. The summed E-state index contributed by atoms with van der Waals surface area (Å²) in [7, 11) is 0. The SMILES string of the molecule is CCC(O)CNCCCC1CCCC1. The Balaban J connectivity index is 1.84. The quantitative estimate of drug-likeness (QED) is 0.617. The number of rotatable bonds is 7. The highest BCUT2D eigenvalue weighted by Crippen LogP contribution is 2.28. The van der Waals surface area contributed by atoms with Crippen LogP contribution in [0.1, 0.15) is 51.9 Å². The molecule has 84 valence electrons. The minimum absolute atomic E-state index is 0.151. The number of hydrogen-bond donors (Lipinski definition) is 2. The Hall–Kier alpha value is -0.0800. The summed E-state index contributed by atoms with van der Waals surface area (Å²) in [4.78, 5) is 0. The van der Waals surface area contributed by atoms with E-state index in [2.05, 4.69) is 5.32 Å². The molecule has 2 nitrogen and oxygen atoms in total. The molecule has 2 heteroatoms. The predicted octanol–water partition coefficient (Wildman–Crippen LogP) is 2.32. The van der Waals surface area contributed by atoms with Gasteiger partial charge in [0.25, 0.3) is 0 Å². The summed E-state index contributed by atoms with van der Waals surface area (Å²) in [5, 5.41) is 12.6. The van der Waals surface area contributed by atoms with Gasteiger partial charge < -0.3 is 10.4 Å². The number of nitrogens with one attached hydrogen (secondary N) is 1. The van der Waals surface area contributed by atoms with Gasteiger partial charge in [-0.2, -0.15) is 0 Å². The van der Waals surface area contributed by atoms with Crippen molar-refractivity contribution in [1.82, 2.24) is 5.32 Å². The van der Waals surface area contributed by atoms with Crippen LogP contribution in [-0.2, 0) is 0 Å². The zero-order valence-corrected chi connectivity index (χ0v) is 9.47. The molecule has 0 aromatic rings. The molecule has 1 aliphatic carbocycles. The normalized spacial score (nSPS) is 20.1. The maximum Gasteiger partial charge on any atom is 0.0662 e. The van der Waals surface area contributed by atoms with Gasteiger partial charge in [-0.3, -0.25) is 0 Å². The van der Waals surface area contributed by atoms with E-state index in [-0.39, 0.29) is 6.10 Å². The van der Waals surface area contributed by atoms with Gasteiger partial charge in [-0.05, 0) is 31.7 Å². The van der Waals surface area contributed by atoms with Crippen LogP contribution >= 0.6 is 0 Å². The van der Waals surface area contributed by atoms with E-state index in [0.29, 0.717) is 0 Å². The second-order valence-corrected chi connectivity index (χ2v) is 4.56. The predicted molar refractivity (Wildman–Crippen MR) is 60.4 cm³/mol. The molecule has 0 radical (unpaired) electrons. The van der Waals surface area contributed by atoms with Crippen molar-refractivity contribution in [2.45, 2.75) is 58.0 Å². The first-order valence-electron chi connectivity index (χ1n) is 6.21. The van der Waals surface area contributed by atoms with Gasteiger partial charge in [-0.15, -0.1) is 0 Å². The van der Waals surface area contributed by atoms with Crippen molar-refractivity contribution in [3.63, 3.8) is 0 Å². The molecule has 0 amide bonds. The van der Waals surface area contributed by atoms with Gasteiger partial charge in [0.1, 0.15) is 0 Å². The maximum absolute atomic E-state index is 9.31. The van der Waals surface area contributed by atoms with Gasteiger partial charge in [0.15, 0.2) is 0 Å². The number of aliphatic hydroxyl groups is 1. The van der Waals surface area contributed by atoms with Crippen LogP contribution in [0.2, 0.25) is 0 Å². The Morgan fingerprint density at radius 1 is 1.36 bits per heavy atom. The Labute approximate surface area is 88.1 Å². The summed E-state index contributed by atoms with van der Waals surface area (Å²) in [5.74, 6) is 1.01. The smallest absolute Gasteiger partial charge is 0.0662 e. The molecule has 0 aromatic carbocycles. The lowest BCUT2D eigenvalue weighted by molar-refractivity contribution is 0.167. The number of hydrogen-bond acceptors (Lipinski definition) is 2. The van der Waals surface area contributed by atoms with Gasteiger partial charge in [-0.1, -0.05) is 32.6 Å². The van der Waals surface area contributed by atoms with E-state index in [9.17, 15) is 5.11 Å². The Morgan fingerprint density at radius 3 is 2.71 bits per heavy atom. The van der Waals surface area contributed by atoms with E-state index >= 15 is 0 Å². The standard InChI is InChI=1S/C12H25NO/c1-2-12(14)10-13-9-5-8-11-6-3-4-7-11/h11-14H,2-10H2,1H3. The van der Waals surface area contributed by atoms with Gasteiger partial charge >= 0.3 is 0 Å². The van der Waals surface area contributed by atoms with Crippen molar-refractivity contribution < 1.29 is 5.11 Å². The van der Waals surface area contributed by atoms with Crippen LogP contribution in [0.15, 0.2) is 0 Å². The van der Waals surface area contributed by atoms with Crippen LogP contribution in [0, 0.1) is 5.92 Å². The second kappa shape index (κ2) is 7.24. The lowest BCUT2D eigenvalue weighted by Gasteiger charge is -2.11. The highest BCUT2D eigenvalue weighted by Gasteiger charge is 2.13. The third-order valence-electron chi connectivity index (χ3n) is 3.29. The van der Waals surface area contributed by atoms with E-state index in [1.807, 2.05) is 6.92 Å². The minimum atomic E-state index is -0.151. The molecule has 0 aromatic heterocycles. The molecule has 1 saturated carbocycles. The molecule has 1 fully saturated rings. The fraction of sp³-hybridized carbons (Fsp3) is 1.00. The van der Waals surface area contributed by atoms with E-state index in [1.165, 1.54) is 38.5 Å². The average Bonchev–Trinajstić information content (AvgIpc) is 2.69. The molecule has 0 bridgehead atoms. The van der Waals surface area contributed by atoms with Crippen molar-refractivity contribution in [3.05, 3.63) is 0 Å². The van der Waals surface area contributed by atoms with Crippen LogP contribution in [0.5, 0.6) is 0 Å². The highest BCUT2D eigenvalue weighted by atomic mass is 16.3. The molecule has 0 heterocycles. The van der Waals surface area contributed by atoms with E-state index in [0.717, 1.165) is 25.4 Å². The topological polar surface area (TPSA) is 32.3 Å². The van der Waals surface area contributed by atoms with Crippen LogP contribution in [0.3, 0.4) is 0 Å². The second-order valence-electron chi connectivity index (χ2n) is 4.56. The molecule has 1 atom stereocenters. The molecular formula is C12H25NO. The van der Waals surface area contributed by atoms with E-state index in [4.69, 9.17) is 0 Å². The van der Waals surface area contributed by atoms with Crippen LogP contribution in [-0.4, -0.2) is 24.3 Å². The van der Waals surface area contributed by atoms with Crippen LogP contribution < -0.4 is 5.32 Å². The zero-order chi connectivity index (χ0) is 10.2. The molecule has 1 rings (SSSR count). The summed E-state index contributed by atoms with van der Waals surface area (Å²) < 4.78 is 0. The molecule has 1 unspecified atom stereocenters. The summed E-state index contributed by atoms with van der Waals surface area (Å²) >= 11 is 0. The van der Waals surface area contributed by atoms with Crippen molar-refractivity contribution in [1.29, 1.82) is 0 Å². The van der Waals surface area contributed by atoms with Crippen molar-refractivity contribution in [3.8, 4) is 0 Å². The van der Waals surface area contributed by atoms with Gasteiger partial charge in [-0.25, -0.2) is 0 Å². The molecule has 1 aliphatic rings. The van der Waals surface area contributed by atoms with E-state index in [1.54, 1.807) is 0 Å². The van der Waals surface area contributed by atoms with Gasteiger partial charge in [0.2, 0.25) is 0 Å². The van der Waals surface area contributed by atoms with Crippen LogP contribution in [0.25, 0.3) is 0 Å². The summed E-state index contributed by atoms with van der Waals surface area (Å²) in [6.45, 7) is 3.86. The molecule has 0 saturated heterocycles. The van der Waals surface area contributed by atoms with Gasteiger partial charge in [0, 0.05) is 6.54 Å². The zero-order valence-electron chi connectivity index (χ0n) is 9.47. The fourth-order valence-corrected chi connectivity index (χ4v) is 2.23. The third kappa shape index (κ3) is 4.97. The summed E-state index contributed by atoms with van der Waals surface area (Å²) in [5.41, 5.74) is 0. The Kier molecular flexibility index (Phi) is 6.20. The average molecular weight is 199 g/mol. The lowest BCUT2D eigenvalue weighted by atomic mass is 10.0. The maximum atomic E-state index is 9.31. The molecule has 0 spiro atoms. The summed E-state index contributed by atoms with van der Waals surface area (Å²) in [6.07, 6.45) is 9.18. The van der Waals surface area contributed by atoms with Gasteiger partial charge in [0.05, 0.1) is 6.10 Å². The molecule has 2 N–H and O–H groups in total. The van der Waals surface area contributed by atoms with Crippen molar-refractivity contribution >= 4 is 0 Å².